The summed E-state index contributed by atoms with van der Waals surface area (Å²) in [5.74, 6) is -0.880. The van der Waals surface area contributed by atoms with Crippen LogP contribution < -0.4 is 0 Å². The van der Waals surface area contributed by atoms with Crippen LogP contribution in [0, 0.1) is 0 Å². The van der Waals surface area contributed by atoms with Crippen molar-refractivity contribution in [1.82, 2.24) is 9.55 Å². The quantitative estimate of drug-likeness (QED) is 0.679. The third-order valence-corrected chi connectivity index (χ3v) is 1.50. The predicted molar refractivity (Wildman–Crippen MR) is 43.6 cm³/mol. The van der Waals surface area contributed by atoms with Crippen LogP contribution in [0.15, 0.2) is 30.4 Å². The third kappa shape index (κ3) is 2.23. The topological polar surface area (TPSA) is 55.1 Å². The summed E-state index contributed by atoms with van der Waals surface area (Å²) in [7, 11) is 0. The van der Waals surface area contributed by atoms with Crippen molar-refractivity contribution in [1.29, 1.82) is 0 Å². The van der Waals surface area contributed by atoms with Crippen molar-refractivity contribution < 1.29 is 9.90 Å². The van der Waals surface area contributed by atoms with Gasteiger partial charge in [-0.15, -0.1) is 0 Å². The molecule has 0 unspecified atom stereocenters. The molecule has 0 amide bonds. The number of carboxylic acid groups (broad SMARTS) is 1. The van der Waals surface area contributed by atoms with Crippen molar-refractivity contribution in [3.8, 4) is 0 Å². The molecule has 12 heavy (non-hydrogen) atoms. The van der Waals surface area contributed by atoms with Gasteiger partial charge in [0, 0.05) is 24.5 Å². The fourth-order valence-electron chi connectivity index (χ4n) is 0.724. The van der Waals surface area contributed by atoms with E-state index in [4.69, 9.17) is 5.11 Å². The van der Waals surface area contributed by atoms with E-state index in [2.05, 4.69) is 4.98 Å². The molecule has 1 heterocycles. The Kier molecular flexibility index (Phi) is 2.63. The average Bonchev–Trinajstić information content (AvgIpc) is 2.51. The molecule has 4 heteroatoms. The lowest BCUT2D eigenvalue weighted by atomic mass is 10.3. The van der Waals surface area contributed by atoms with Gasteiger partial charge in [-0.25, -0.2) is 9.78 Å². The maximum absolute atomic E-state index is 10.4. The first-order chi connectivity index (χ1) is 5.70. The molecule has 1 aromatic heterocycles. The Bertz CT molecular complexity index is 288. The SMILES string of the molecule is C/C(=C/Cn1ccnc1)C(=O)O. The van der Waals surface area contributed by atoms with Crippen LogP contribution in [0.2, 0.25) is 0 Å². The van der Waals surface area contributed by atoms with Crippen LogP contribution >= 0.6 is 0 Å². The van der Waals surface area contributed by atoms with Crippen LogP contribution in [0.5, 0.6) is 0 Å². The van der Waals surface area contributed by atoms with Gasteiger partial charge in [-0.05, 0) is 6.92 Å². The Morgan fingerprint density at radius 2 is 2.50 bits per heavy atom. The summed E-state index contributed by atoms with van der Waals surface area (Å²) in [6.07, 6.45) is 6.73. The van der Waals surface area contributed by atoms with E-state index in [0.29, 0.717) is 12.1 Å². The molecule has 0 aliphatic rings. The highest BCUT2D eigenvalue weighted by Crippen LogP contribution is 1.94. The van der Waals surface area contributed by atoms with Gasteiger partial charge in [0.25, 0.3) is 0 Å². The summed E-state index contributed by atoms with van der Waals surface area (Å²) in [5, 5.41) is 8.52. The first-order valence-electron chi connectivity index (χ1n) is 3.56. The maximum atomic E-state index is 10.4. The Morgan fingerprint density at radius 3 is 3.00 bits per heavy atom. The van der Waals surface area contributed by atoms with Crippen LogP contribution in [0.3, 0.4) is 0 Å². The standard InChI is InChI=1S/C8H10N2O2/c1-7(8(11)12)2-4-10-5-3-9-6-10/h2-3,5-6H,4H2,1H3,(H,11,12)/b7-2-. The molecule has 1 N–H and O–H groups in total. The molecule has 64 valence electrons. The highest BCUT2D eigenvalue weighted by molar-refractivity contribution is 5.85. The average molecular weight is 166 g/mol. The number of hydrogen-bond acceptors (Lipinski definition) is 2. The number of nitrogens with zero attached hydrogens (tertiary/aromatic N) is 2. The van der Waals surface area contributed by atoms with Crippen molar-refractivity contribution in [3.63, 3.8) is 0 Å². The molecule has 0 saturated heterocycles. The summed E-state index contributed by atoms with van der Waals surface area (Å²) in [4.78, 5) is 14.2. The minimum absolute atomic E-state index is 0.351. The lowest BCUT2D eigenvalue weighted by molar-refractivity contribution is -0.132. The van der Waals surface area contributed by atoms with Gasteiger partial charge in [-0.2, -0.15) is 0 Å². The highest BCUT2D eigenvalue weighted by atomic mass is 16.4. The lowest BCUT2D eigenvalue weighted by Gasteiger charge is -1.95. The first-order valence-corrected chi connectivity index (χ1v) is 3.56. The zero-order valence-electron chi connectivity index (χ0n) is 6.77. The van der Waals surface area contributed by atoms with Crippen LogP contribution in [0.4, 0.5) is 0 Å². The van der Waals surface area contributed by atoms with Gasteiger partial charge in [-0.1, -0.05) is 6.08 Å². The summed E-state index contributed by atoms with van der Waals surface area (Å²) in [6.45, 7) is 2.12. The van der Waals surface area contributed by atoms with Crippen LogP contribution in [-0.2, 0) is 11.3 Å². The minimum Gasteiger partial charge on any atom is -0.478 e. The summed E-state index contributed by atoms with van der Waals surface area (Å²) >= 11 is 0. The van der Waals surface area contributed by atoms with E-state index in [1.165, 1.54) is 0 Å². The second-order valence-electron chi connectivity index (χ2n) is 2.45. The summed E-state index contributed by atoms with van der Waals surface area (Å²) < 4.78 is 1.80. The Morgan fingerprint density at radius 1 is 1.75 bits per heavy atom. The Hall–Kier alpha value is -1.58. The number of aromatic nitrogens is 2. The zero-order chi connectivity index (χ0) is 8.97. The van der Waals surface area contributed by atoms with Gasteiger partial charge in [0.2, 0.25) is 0 Å². The van der Waals surface area contributed by atoms with Crippen molar-refractivity contribution in [2.75, 3.05) is 0 Å². The molecule has 0 aliphatic carbocycles. The number of hydrogen-bond donors (Lipinski definition) is 1. The molecular weight excluding hydrogens is 156 g/mol. The number of aliphatic carboxylic acids is 1. The predicted octanol–water partition coefficient (Wildman–Crippen LogP) is 0.914. The second kappa shape index (κ2) is 3.71. The lowest BCUT2D eigenvalue weighted by Crippen LogP contribution is -1.99. The largest absolute Gasteiger partial charge is 0.478 e. The second-order valence-corrected chi connectivity index (χ2v) is 2.45. The molecule has 0 atom stereocenters. The number of carboxylic acids is 1. The maximum Gasteiger partial charge on any atom is 0.331 e. The molecule has 1 rings (SSSR count). The van der Waals surface area contributed by atoms with Gasteiger partial charge in [0.1, 0.15) is 0 Å². The number of carbonyl (C=O) groups is 1. The van der Waals surface area contributed by atoms with E-state index in [1.54, 1.807) is 36.3 Å². The molecule has 0 bridgehead atoms. The van der Waals surface area contributed by atoms with E-state index < -0.39 is 5.97 Å². The zero-order valence-corrected chi connectivity index (χ0v) is 6.77. The highest BCUT2D eigenvalue weighted by Gasteiger charge is 1.97. The minimum atomic E-state index is -0.880. The van der Waals surface area contributed by atoms with E-state index in [9.17, 15) is 4.79 Å². The molecule has 0 fully saturated rings. The fraction of sp³-hybridized carbons (Fsp3) is 0.250. The third-order valence-electron chi connectivity index (χ3n) is 1.50. The van der Waals surface area contributed by atoms with Crippen molar-refractivity contribution in [2.45, 2.75) is 13.5 Å². The fourth-order valence-corrected chi connectivity index (χ4v) is 0.724. The van der Waals surface area contributed by atoms with Gasteiger partial charge in [0.05, 0.1) is 6.33 Å². The van der Waals surface area contributed by atoms with E-state index in [0.717, 1.165) is 0 Å². The van der Waals surface area contributed by atoms with Crippen molar-refractivity contribution in [2.24, 2.45) is 0 Å². The molecule has 0 aromatic carbocycles. The van der Waals surface area contributed by atoms with E-state index in [1.807, 2.05) is 0 Å². The number of allylic oxidation sites excluding steroid dienone is 1. The summed E-state index contributed by atoms with van der Waals surface area (Å²) in [6, 6.07) is 0. The monoisotopic (exact) mass is 166 g/mol. The molecule has 1 aromatic rings. The van der Waals surface area contributed by atoms with Gasteiger partial charge >= 0.3 is 5.97 Å². The van der Waals surface area contributed by atoms with Crippen molar-refractivity contribution in [3.05, 3.63) is 30.4 Å². The molecule has 4 nitrogen and oxygen atoms in total. The van der Waals surface area contributed by atoms with E-state index in [-0.39, 0.29) is 0 Å². The van der Waals surface area contributed by atoms with Crippen LogP contribution in [0.1, 0.15) is 6.92 Å². The normalized spacial score (nSPS) is 11.6. The van der Waals surface area contributed by atoms with Gasteiger partial charge in [0.15, 0.2) is 0 Å². The van der Waals surface area contributed by atoms with Gasteiger partial charge in [-0.3, -0.25) is 0 Å². The molecule has 0 spiro atoms. The van der Waals surface area contributed by atoms with E-state index >= 15 is 0 Å². The molecule has 0 radical (unpaired) electrons. The van der Waals surface area contributed by atoms with Gasteiger partial charge < -0.3 is 9.67 Å². The smallest absolute Gasteiger partial charge is 0.331 e. The Labute approximate surface area is 70.2 Å². The first kappa shape index (κ1) is 8.52. The van der Waals surface area contributed by atoms with Crippen LogP contribution in [0.25, 0.3) is 0 Å². The molecule has 0 saturated carbocycles. The van der Waals surface area contributed by atoms with Crippen molar-refractivity contribution >= 4 is 5.97 Å². The van der Waals surface area contributed by atoms with Crippen LogP contribution in [-0.4, -0.2) is 20.6 Å². The molecular formula is C8H10N2O2. The summed E-state index contributed by atoms with van der Waals surface area (Å²) in [5.41, 5.74) is 0.351. The Balaban J connectivity index is 2.55. The number of rotatable bonds is 3. The molecule has 0 aliphatic heterocycles. The number of imidazole rings is 1.